The normalized spacial score (nSPS) is 24.8. The molecular formula is C13H24N2O2. The molecule has 0 radical (unpaired) electrons. The van der Waals surface area contributed by atoms with Gasteiger partial charge in [0.15, 0.2) is 0 Å². The van der Waals surface area contributed by atoms with Gasteiger partial charge in [-0.15, -0.1) is 0 Å². The van der Waals surface area contributed by atoms with Crippen molar-refractivity contribution in [3.8, 4) is 0 Å². The molecule has 0 aromatic heterocycles. The third kappa shape index (κ3) is 2.99. The van der Waals surface area contributed by atoms with E-state index in [0.717, 1.165) is 6.54 Å². The van der Waals surface area contributed by atoms with Crippen LogP contribution in [0.2, 0.25) is 0 Å². The van der Waals surface area contributed by atoms with E-state index in [-0.39, 0.29) is 5.91 Å². The number of nitrogens with two attached hydrogens (primary N) is 1. The molecule has 1 saturated carbocycles. The zero-order chi connectivity index (χ0) is 12.3. The third-order valence-corrected chi connectivity index (χ3v) is 4.16. The van der Waals surface area contributed by atoms with E-state index in [0.29, 0.717) is 32.0 Å². The van der Waals surface area contributed by atoms with Crippen molar-refractivity contribution in [1.82, 2.24) is 4.90 Å². The molecule has 0 unspecified atom stereocenters. The summed E-state index contributed by atoms with van der Waals surface area (Å²) in [5.41, 5.74) is 5.53. The summed E-state index contributed by atoms with van der Waals surface area (Å²) < 4.78 is 5.28. The van der Waals surface area contributed by atoms with Crippen LogP contribution in [0.3, 0.4) is 0 Å². The molecule has 0 bridgehead atoms. The maximum atomic E-state index is 12.4. The Morgan fingerprint density at radius 3 is 2.53 bits per heavy atom. The van der Waals surface area contributed by atoms with Crippen LogP contribution in [0.25, 0.3) is 0 Å². The van der Waals surface area contributed by atoms with Crippen LogP contribution in [-0.2, 0) is 9.53 Å². The zero-order valence-electron chi connectivity index (χ0n) is 10.8. The second kappa shape index (κ2) is 5.36. The van der Waals surface area contributed by atoms with Gasteiger partial charge in [-0.25, -0.2) is 0 Å². The Morgan fingerprint density at radius 2 is 1.94 bits per heavy atom. The molecule has 2 aliphatic rings. The SMILES string of the molecule is CN(CC1CCCC1)C(=O)C1(N)CCOCC1. The van der Waals surface area contributed by atoms with Gasteiger partial charge in [0.1, 0.15) is 0 Å². The second-order valence-corrected chi connectivity index (χ2v) is 5.60. The minimum atomic E-state index is -0.675. The molecule has 0 aromatic carbocycles. The van der Waals surface area contributed by atoms with Crippen LogP contribution in [0.4, 0.5) is 0 Å². The first-order valence-corrected chi connectivity index (χ1v) is 6.74. The number of nitrogens with zero attached hydrogens (tertiary/aromatic N) is 1. The van der Waals surface area contributed by atoms with Crippen LogP contribution in [0.1, 0.15) is 38.5 Å². The number of amides is 1. The maximum Gasteiger partial charge on any atom is 0.242 e. The molecule has 0 atom stereocenters. The van der Waals surface area contributed by atoms with Gasteiger partial charge in [-0.2, -0.15) is 0 Å². The van der Waals surface area contributed by atoms with E-state index in [1.165, 1.54) is 25.7 Å². The first kappa shape index (κ1) is 12.8. The van der Waals surface area contributed by atoms with Crippen molar-refractivity contribution in [3.63, 3.8) is 0 Å². The van der Waals surface area contributed by atoms with Gasteiger partial charge in [0, 0.05) is 26.8 Å². The number of likely N-dealkylation sites (N-methyl/N-ethyl adjacent to an activating group) is 1. The van der Waals surface area contributed by atoms with Gasteiger partial charge in [0.05, 0.1) is 5.54 Å². The molecule has 0 spiro atoms. The summed E-state index contributed by atoms with van der Waals surface area (Å²) >= 11 is 0. The molecule has 0 aromatic rings. The fraction of sp³-hybridized carbons (Fsp3) is 0.923. The van der Waals surface area contributed by atoms with Crippen LogP contribution in [0.5, 0.6) is 0 Å². The van der Waals surface area contributed by atoms with Gasteiger partial charge in [-0.05, 0) is 31.6 Å². The van der Waals surface area contributed by atoms with Crippen molar-refractivity contribution in [3.05, 3.63) is 0 Å². The maximum absolute atomic E-state index is 12.4. The average molecular weight is 240 g/mol. The largest absolute Gasteiger partial charge is 0.381 e. The molecule has 4 heteroatoms. The predicted octanol–water partition coefficient (Wildman–Crippen LogP) is 1.14. The summed E-state index contributed by atoms with van der Waals surface area (Å²) in [5, 5.41) is 0. The smallest absolute Gasteiger partial charge is 0.242 e. The fourth-order valence-electron chi connectivity index (χ4n) is 2.99. The topological polar surface area (TPSA) is 55.6 Å². The second-order valence-electron chi connectivity index (χ2n) is 5.60. The highest BCUT2D eigenvalue weighted by atomic mass is 16.5. The minimum Gasteiger partial charge on any atom is -0.381 e. The molecule has 1 heterocycles. The van der Waals surface area contributed by atoms with Gasteiger partial charge >= 0.3 is 0 Å². The summed E-state index contributed by atoms with van der Waals surface area (Å²) in [7, 11) is 1.89. The molecule has 4 nitrogen and oxygen atoms in total. The first-order chi connectivity index (χ1) is 8.12. The number of carbonyl (C=O) groups excluding carboxylic acids is 1. The van der Waals surface area contributed by atoms with E-state index < -0.39 is 5.54 Å². The lowest BCUT2D eigenvalue weighted by molar-refractivity contribution is -0.139. The molecular weight excluding hydrogens is 216 g/mol. The minimum absolute atomic E-state index is 0.104. The number of hydrogen-bond donors (Lipinski definition) is 1. The Balaban J connectivity index is 1.88. The van der Waals surface area contributed by atoms with Gasteiger partial charge in [0.25, 0.3) is 0 Å². The average Bonchev–Trinajstić information content (AvgIpc) is 2.81. The standard InChI is InChI=1S/C13H24N2O2/c1-15(10-11-4-2-3-5-11)12(16)13(14)6-8-17-9-7-13/h11H,2-10,14H2,1H3. The summed E-state index contributed by atoms with van der Waals surface area (Å²) in [6.07, 6.45) is 6.46. The summed E-state index contributed by atoms with van der Waals surface area (Å²) in [4.78, 5) is 14.2. The number of ether oxygens (including phenoxy) is 1. The molecule has 1 aliphatic carbocycles. The Hall–Kier alpha value is -0.610. The lowest BCUT2D eigenvalue weighted by atomic mass is 9.89. The predicted molar refractivity (Wildman–Crippen MR) is 66.6 cm³/mol. The Labute approximate surface area is 103 Å². The van der Waals surface area contributed by atoms with E-state index in [9.17, 15) is 4.79 Å². The molecule has 2 fully saturated rings. The van der Waals surface area contributed by atoms with Crippen molar-refractivity contribution >= 4 is 5.91 Å². The van der Waals surface area contributed by atoms with Crippen LogP contribution in [-0.4, -0.2) is 43.2 Å². The van der Waals surface area contributed by atoms with Crippen molar-refractivity contribution in [1.29, 1.82) is 0 Å². The van der Waals surface area contributed by atoms with E-state index in [1.807, 2.05) is 11.9 Å². The fourth-order valence-corrected chi connectivity index (χ4v) is 2.99. The van der Waals surface area contributed by atoms with Gasteiger partial charge < -0.3 is 15.4 Å². The van der Waals surface area contributed by atoms with Crippen molar-refractivity contribution in [2.24, 2.45) is 11.7 Å². The number of hydrogen-bond acceptors (Lipinski definition) is 3. The van der Waals surface area contributed by atoms with E-state index in [1.54, 1.807) is 0 Å². The van der Waals surface area contributed by atoms with Crippen molar-refractivity contribution in [2.75, 3.05) is 26.8 Å². The highest BCUT2D eigenvalue weighted by molar-refractivity contribution is 5.86. The molecule has 98 valence electrons. The van der Waals surface area contributed by atoms with Crippen LogP contribution >= 0.6 is 0 Å². The Kier molecular flexibility index (Phi) is 4.05. The van der Waals surface area contributed by atoms with Crippen LogP contribution in [0, 0.1) is 5.92 Å². The highest BCUT2D eigenvalue weighted by Gasteiger charge is 2.38. The van der Waals surface area contributed by atoms with Crippen LogP contribution in [0.15, 0.2) is 0 Å². The summed E-state index contributed by atoms with van der Waals surface area (Å²) in [6.45, 7) is 2.09. The van der Waals surface area contributed by atoms with Gasteiger partial charge in [0.2, 0.25) is 5.91 Å². The Bertz CT molecular complexity index is 269. The third-order valence-electron chi connectivity index (χ3n) is 4.16. The zero-order valence-corrected chi connectivity index (χ0v) is 10.8. The molecule has 1 saturated heterocycles. The Morgan fingerprint density at radius 1 is 1.35 bits per heavy atom. The van der Waals surface area contributed by atoms with E-state index in [2.05, 4.69) is 0 Å². The molecule has 1 amide bonds. The van der Waals surface area contributed by atoms with Crippen molar-refractivity contribution in [2.45, 2.75) is 44.1 Å². The van der Waals surface area contributed by atoms with E-state index in [4.69, 9.17) is 10.5 Å². The summed E-state index contributed by atoms with van der Waals surface area (Å²) in [6, 6.07) is 0. The van der Waals surface area contributed by atoms with Gasteiger partial charge in [-0.3, -0.25) is 4.79 Å². The first-order valence-electron chi connectivity index (χ1n) is 6.74. The van der Waals surface area contributed by atoms with Crippen molar-refractivity contribution < 1.29 is 9.53 Å². The summed E-state index contributed by atoms with van der Waals surface area (Å²) in [5.74, 6) is 0.792. The molecule has 2 rings (SSSR count). The number of rotatable bonds is 3. The highest BCUT2D eigenvalue weighted by Crippen LogP contribution is 2.27. The molecule has 17 heavy (non-hydrogen) atoms. The van der Waals surface area contributed by atoms with E-state index >= 15 is 0 Å². The quantitative estimate of drug-likeness (QED) is 0.805. The lowest BCUT2D eigenvalue weighted by Gasteiger charge is -2.36. The molecule has 1 aliphatic heterocycles. The van der Waals surface area contributed by atoms with Gasteiger partial charge in [-0.1, -0.05) is 12.8 Å². The number of carbonyl (C=O) groups is 1. The lowest BCUT2D eigenvalue weighted by Crippen LogP contribution is -2.57. The monoisotopic (exact) mass is 240 g/mol. The van der Waals surface area contributed by atoms with Crippen LogP contribution < -0.4 is 5.73 Å². The molecule has 2 N–H and O–H groups in total.